The number of sulfonamides is 1. The summed E-state index contributed by atoms with van der Waals surface area (Å²) in [6, 6.07) is 4.21. The quantitative estimate of drug-likeness (QED) is 0.819. The van der Waals surface area contributed by atoms with Crippen LogP contribution in [0.1, 0.15) is 0 Å². The number of aliphatic hydroxyl groups excluding tert-OH is 1. The largest absolute Gasteiger partial charge is 0.395 e. The average molecular weight is 310 g/mol. The first-order valence-corrected chi connectivity index (χ1v) is 7.30. The number of hydrogen-bond acceptors (Lipinski definition) is 3. The van der Waals surface area contributed by atoms with Gasteiger partial charge < -0.3 is 5.11 Å². The third-order valence-electron chi connectivity index (χ3n) is 2.19. The number of nitrogens with zero attached hydrogens (tertiary/aromatic N) is 1. The molecule has 1 N–H and O–H groups in total. The van der Waals surface area contributed by atoms with Gasteiger partial charge in [-0.05, 0) is 18.2 Å². The number of rotatable bonds is 6. The van der Waals surface area contributed by atoms with Crippen molar-refractivity contribution in [1.29, 1.82) is 0 Å². The lowest BCUT2D eigenvalue weighted by Crippen LogP contribution is -2.33. The molecule has 0 aliphatic heterocycles. The van der Waals surface area contributed by atoms with Gasteiger partial charge in [0.15, 0.2) is 0 Å². The predicted octanol–water partition coefficient (Wildman–Crippen LogP) is 2.16. The molecule has 1 aromatic rings. The second kappa shape index (κ2) is 6.54. The van der Waals surface area contributed by atoms with Crippen molar-refractivity contribution >= 4 is 33.2 Å². The van der Waals surface area contributed by atoms with Gasteiger partial charge in [0.25, 0.3) is 0 Å². The molecule has 0 aliphatic rings. The summed E-state index contributed by atoms with van der Waals surface area (Å²) in [5, 5.41) is 9.27. The fraction of sp³-hybridized carbons (Fsp3) is 0.273. The Morgan fingerprint density at radius 1 is 1.39 bits per heavy atom. The zero-order valence-corrected chi connectivity index (χ0v) is 11.8. The zero-order chi connectivity index (χ0) is 13.8. The molecular weight excluding hydrogens is 297 g/mol. The van der Waals surface area contributed by atoms with E-state index in [1.807, 2.05) is 0 Å². The van der Waals surface area contributed by atoms with Crippen molar-refractivity contribution in [2.24, 2.45) is 0 Å². The van der Waals surface area contributed by atoms with Gasteiger partial charge in [-0.25, -0.2) is 8.42 Å². The second-order valence-corrected chi connectivity index (χ2v) is 6.20. The summed E-state index contributed by atoms with van der Waals surface area (Å²) in [6.45, 7) is 3.26. The van der Waals surface area contributed by atoms with Crippen LogP contribution in [0, 0.1) is 0 Å². The van der Waals surface area contributed by atoms with Crippen molar-refractivity contribution in [3.8, 4) is 0 Å². The van der Waals surface area contributed by atoms with Crippen molar-refractivity contribution in [1.82, 2.24) is 4.31 Å². The van der Waals surface area contributed by atoms with E-state index in [0.717, 1.165) is 4.31 Å². The van der Waals surface area contributed by atoms with Crippen LogP contribution in [0.5, 0.6) is 0 Å². The first-order valence-electron chi connectivity index (χ1n) is 5.10. The Kier molecular flexibility index (Phi) is 5.62. The fourth-order valence-electron chi connectivity index (χ4n) is 1.38. The smallest absolute Gasteiger partial charge is 0.244 e. The Morgan fingerprint density at radius 2 is 2.06 bits per heavy atom. The van der Waals surface area contributed by atoms with Crippen molar-refractivity contribution < 1.29 is 13.5 Å². The summed E-state index contributed by atoms with van der Waals surface area (Å²) in [5.74, 6) is 0. The molecule has 0 spiro atoms. The van der Waals surface area contributed by atoms with Crippen LogP contribution in [-0.4, -0.2) is 37.5 Å². The molecule has 0 atom stereocenters. The van der Waals surface area contributed by atoms with Crippen LogP contribution >= 0.6 is 23.2 Å². The fourth-order valence-corrected chi connectivity index (χ4v) is 3.52. The molecular formula is C11H13Cl2NO3S. The van der Waals surface area contributed by atoms with Crippen LogP contribution in [0.3, 0.4) is 0 Å². The maximum absolute atomic E-state index is 12.3. The average Bonchev–Trinajstić information content (AvgIpc) is 2.32. The second-order valence-electron chi connectivity index (χ2n) is 3.45. The summed E-state index contributed by atoms with van der Waals surface area (Å²) in [5.41, 5.74) is 0. The first kappa shape index (κ1) is 15.5. The van der Waals surface area contributed by atoms with Gasteiger partial charge in [-0.2, -0.15) is 4.31 Å². The molecule has 0 aliphatic carbocycles. The van der Waals surface area contributed by atoms with Crippen molar-refractivity contribution in [2.75, 3.05) is 19.7 Å². The van der Waals surface area contributed by atoms with E-state index in [2.05, 4.69) is 6.58 Å². The van der Waals surface area contributed by atoms with Gasteiger partial charge >= 0.3 is 0 Å². The van der Waals surface area contributed by atoms with Gasteiger partial charge in [-0.1, -0.05) is 29.3 Å². The minimum Gasteiger partial charge on any atom is -0.395 e. The molecule has 0 bridgehead atoms. The molecule has 0 fully saturated rings. The topological polar surface area (TPSA) is 57.6 Å². The van der Waals surface area contributed by atoms with Crippen LogP contribution in [-0.2, 0) is 10.0 Å². The SMILES string of the molecule is C=CCN(CCO)S(=O)(=O)c1cc(Cl)ccc1Cl. The molecule has 18 heavy (non-hydrogen) atoms. The van der Waals surface area contributed by atoms with Crippen molar-refractivity contribution in [2.45, 2.75) is 4.90 Å². The van der Waals surface area contributed by atoms with E-state index in [4.69, 9.17) is 28.3 Å². The molecule has 100 valence electrons. The van der Waals surface area contributed by atoms with Crippen molar-refractivity contribution in [3.05, 3.63) is 40.9 Å². The highest BCUT2D eigenvalue weighted by atomic mass is 35.5. The lowest BCUT2D eigenvalue weighted by atomic mass is 10.4. The minimum absolute atomic E-state index is 0.0306. The van der Waals surface area contributed by atoms with Gasteiger partial charge in [0, 0.05) is 18.1 Å². The van der Waals surface area contributed by atoms with Gasteiger partial charge in [-0.3, -0.25) is 0 Å². The molecule has 0 radical (unpaired) electrons. The number of aliphatic hydroxyl groups is 1. The van der Waals surface area contributed by atoms with E-state index >= 15 is 0 Å². The van der Waals surface area contributed by atoms with Crippen LogP contribution in [0.4, 0.5) is 0 Å². The summed E-state index contributed by atoms with van der Waals surface area (Å²) in [7, 11) is -3.79. The van der Waals surface area contributed by atoms with Gasteiger partial charge in [0.05, 0.1) is 11.6 Å². The van der Waals surface area contributed by atoms with E-state index in [0.29, 0.717) is 0 Å². The molecule has 4 nitrogen and oxygen atoms in total. The number of benzene rings is 1. The maximum Gasteiger partial charge on any atom is 0.244 e. The van der Waals surface area contributed by atoms with E-state index in [1.54, 1.807) is 0 Å². The molecule has 0 aromatic heterocycles. The molecule has 0 saturated carbocycles. The van der Waals surface area contributed by atoms with Crippen LogP contribution in [0.15, 0.2) is 35.7 Å². The standard InChI is InChI=1S/C11H13Cl2NO3S/c1-2-5-14(6-7-15)18(16,17)11-8-9(12)3-4-10(11)13/h2-4,8,15H,1,5-7H2. The van der Waals surface area contributed by atoms with E-state index in [9.17, 15) is 8.42 Å². The molecule has 0 unspecified atom stereocenters. The molecule has 1 aromatic carbocycles. The Morgan fingerprint density at radius 3 is 2.61 bits per heavy atom. The third-order valence-corrected chi connectivity index (χ3v) is 4.78. The Balaban J connectivity index is 3.25. The van der Waals surface area contributed by atoms with Crippen LogP contribution in [0.2, 0.25) is 10.0 Å². The summed E-state index contributed by atoms with van der Waals surface area (Å²) < 4.78 is 25.7. The molecule has 0 heterocycles. The molecule has 1 rings (SSSR count). The molecule has 0 saturated heterocycles. The van der Waals surface area contributed by atoms with Crippen molar-refractivity contribution in [3.63, 3.8) is 0 Å². The number of hydrogen-bond donors (Lipinski definition) is 1. The van der Waals surface area contributed by atoms with E-state index in [-0.39, 0.29) is 34.6 Å². The van der Waals surface area contributed by atoms with Gasteiger partial charge in [0.2, 0.25) is 10.0 Å². The molecule has 7 heteroatoms. The highest BCUT2D eigenvalue weighted by molar-refractivity contribution is 7.89. The van der Waals surface area contributed by atoms with Crippen LogP contribution < -0.4 is 0 Å². The summed E-state index contributed by atoms with van der Waals surface area (Å²) >= 11 is 11.6. The van der Waals surface area contributed by atoms with Gasteiger partial charge in [-0.15, -0.1) is 6.58 Å². The van der Waals surface area contributed by atoms with E-state index in [1.165, 1.54) is 24.3 Å². The monoisotopic (exact) mass is 309 g/mol. The first-order chi connectivity index (χ1) is 8.43. The minimum atomic E-state index is -3.79. The lowest BCUT2D eigenvalue weighted by Gasteiger charge is -2.20. The third kappa shape index (κ3) is 3.46. The van der Waals surface area contributed by atoms with E-state index < -0.39 is 10.0 Å². The van der Waals surface area contributed by atoms with Crippen LogP contribution in [0.25, 0.3) is 0 Å². The summed E-state index contributed by atoms with van der Waals surface area (Å²) in [6.07, 6.45) is 1.44. The Hall–Kier alpha value is -0.590. The Labute approximate surface area is 116 Å². The highest BCUT2D eigenvalue weighted by Crippen LogP contribution is 2.27. The van der Waals surface area contributed by atoms with Gasteiger partial charge in [0.1, 0.15) is 4.90 Å². The summed E-state index contributed by atoms with van der Waals surface area (Å²) in [4.78, 5) is -0.0769. The zero-order valence-electron chi connectivity index (χ0n) is 9.51. The Bertz CT molecular complexity index is 531. The number of halogens is 2. The predicted molar refractivity (Wildman–Crippen MR) is 72.5 cm³/mol. The maximum atomic E-state index is 12.3. The molecule has 0 amide bonds. The highest BCUT2D eigenvalue weighted by Gasteiger charge is 2.25. The lowest BCUT2D eigenvalue weighted by molar-refractivity contribution is 0.260. The normalized spacial score (nSPS) is 11.8.